The molecule has 1 rings (SSSR count). The van der Waals surface area contributed by atoms with Crippen LogP contribution >= 0.6 is 0 Å². The number of amides is 1. The standard InChI is InChI=1S/C15H28N2O3/c1-2-12(6-9-16)4-5-13(18)17-11-15(7-3-8-15)10-14(19)20/h12H,2-11,16H2,1H3,(H,17,18)(H,19,20). The van der Waals surface area contributed by atoms with Crippen LogP contribution in [0.2, 0.25) is 0 Å². The van der Waals surface area contributed by atoms with Crippen LogP contribution in [0.4, 0.5) is 0 Å². The van der Waals surface area contributed by atoms with Crippen molar-refractivity contribution in [1.82, 2.24) is 5.32 Å². The van der Waals surface area contributed by atoms with Crippen molar-refractivity contribution in [3.63, 3.8) is 0 Å². The monoisotopic (exact) mass is 284 g/mol. The van der Waals surface area contributed by atoms with Gasteiger partial charge in [0.2, 0.25) is 5.91 Å². The molecule has 0 aliphatic heterocycles. The molecule has 0 bridgehead atoms. The molecule has 4 N–H and O–H groups in total. The number of carbonyl (C=O) groups is 2. The average molecular weight is 284 g/mol. The molecule has 0 saturated heterocycles. The molecule has 1 amide bonds. The Hall–Kier alpha value is -1.10. The number of carbonyl (C=O) groups excluding carboxylic acids is 1. The van der Waals surface area contributed by atoms with Crippen molar-refractivity contribution in [2.45, 2.75) is 58.3 Å². The first-order valence-electron chi connectivity index (χ1n) is 7.70. The van der Waals surface area contributed by atoms with Gasteiger partial charge in [-0.2, -0.15) is 0 Å². The number of hydrogen-bond donors (Lipinski definition) is 3. The first-order valence-corrected chi connectivity index (χ1v) is 7.70. The summed E-state index contributed by atoms with van der Waals surface area (Å²) in [6, 6.07) is 0. The maximum Gasteiger partial charge on any atom is 0.303 e. The maximum atomic E-state index is 11.9. The van der Waals surface area contributed by atoms with Crippen molar-refractivity contribution in [2.75, 3.05) is 13.1 Å². The summed E-state index contributed by atoms with van der Waals surface area (Å²) in [5.41, 5.74) is 5.35. The zero-order valence-electron chi connectivity index (χ0n) is 12.5. The predicted molar refractivity (Wildman–Crippen MR) is 78.2 cm³/mol. The number of hydrogen-bond acceptors (Lipinski definition) is 3. The van der Waals surface area contributed by atoms with Gasteiger partial charge in [-0.25, -0.2) is 0 Å². The molecule has 20 heavy (non-hydrogen) atoms. The van der Waals surface area contributed by atoms with Crippen LogP contribution in [0.25, 0.3) is 0 Å². The van der Waals surface area contributed by atoms with Crippen LogP contribution in [0.3, 0.4) is 0 Å². The van der Waals surface area contributed by atoms with E-state index in [1.165, 1.54) is 0 Å². The van der Waals surface area contributed by atoms with Crippen LogP contribution < -0.4 is 11.1 Å². The van der Waals surface area contributed by atoms with E-state index in [9.17, 15) is 9.59 Å². The second-order valence-corrected chi connectivity index (χ2v) is 6.09. The summed E-state index contributed by atoms with van der Waals surface area (Å²) in [5, 5.41) is 11.8. The van der Waals surface area contributed by atoms with Gasteiger partial charge in [0.05, 0.1) is 6.42 Å². The normalized spacial score (nSPS) is 18.1. The largest absolute Gasteiger partial charge is 0.481 e. The van der Waals surface area contributed by atoms with E-state index in [0.29, 0.717) is 25.4 Å². The molecule has 1 aliphatic carbocycles. The highest BCUT2D eigenvalue weighted by Crippen LogP contribution is 2.43. The van der Waals surface area contributed by atoms with E-state index in [-0.39, 0.29) is 17.7 Å². The van der Waals surface area contributed by atoms with Crippen LogP contribution in [-0.2, 0) is 9.59 Å². The number of aliphatic carboxylic acids is 1. The zero-order valence-corrected chi connectivity index (χ0v) is 12.5. The lowest BCUT2D eigenvalue weighted by atomic mass is 9.66. The predicted octanol–water partition coefficient (Wildman–Crippen LogP) is 1.90. The summed E-state index contributed by atoms with van der Waals surface area (Å²) in [4.78, 5) is 22.7. The summed E-state index contributed by atoms with van der Waals surface area (Å²) >= 11 is 0. The molecule has 1 saturated carbocycles. The minimum absolute atomic E-state index is 0.0390. The Morgan fingerprint density at radius 2 is 2.05 bits per heavy atom. The summed E-state index contributed by atoms with van der Waals surface area (Å²) in [6.45, 7) is 3.29. The number of carboxylic acids is 1. The van der Waals surface area contributed by atoms with Gasteiger partial charge in [-0.05, 0) is 43.6 Å². The quantitative estimate of drug-likeness (QED) is 0.571. The van der Waals surface area contributed by atoms with Crippen LogP contribution in [0, 0.1) is 11.3 Å². The maximum absolute atomic E-state index is 11.9. The second kappa shape index (κ2) is 8.25. The molecule has 5 heteroatoms. The third kappa shape index (κ3) is 5.49. The van der Waals surface area contributed by atoms with Crippen LogP contribution in [-0.4, -0.2) is 30.1 Å². The van der Waals surface area contributed by atoms with Crippen molar-refractivity contribution in [3.05, 3.63) is 0 Å². The Balaban J connectivity index is 2.26. The van der Waals surface area contributed by atoms with E-state index in [4.69, 9.17) is 10.8 Å². The fourth-order valence-corrected chi connectivity index (χ4v) is 2.91. The summed E-state index contributed by atoms with van der Waals surface area (Å²) < 4.78 is 0. The van der Waals surface area contributed by atoms with Gasteiger partial charge in [0, 0.05) is 13.0 Å². The van der Waals surface area contributed by atoms with E-state index in [0.717, 1.165) is 38.5 Å². The Labute approximate surface area is 121 Å². The van der Waals surface area contributed by atoms with Crippen LogP contribution in [0.5, 0.6) is 0 Å². The zero-order chi connectivity index (χ0) is 15.0. The fourth-order valence-electron chi connectivity index (χ4n) is 2.91. The first kappa shape index (κ1) is 17.0. The van der Waals surface area contributed by atoms with Gasteiger partial charge < -0.3 is 16.2 Å². The van der Waals surface area contributed by atoms with E-state index in [1.807, 2.05) is 0 Å². The van der Waals surface area contributed by atoms with E-state index >= 15 is 0 Å². The molecular weight excluding hydrogens is 256 g/mol. The molecule has 0 aromatic rings. The van der Waals surface area contributed by atoms with Gasteiger partial charge in [-0.3, -0.25) is 9.59 Å². The first-order chi connectivity index (χ1) is 9.51. The van der Waals surface area contributed by atoms with Crippen molar-refractivity contribution >= 4 is 11.9 Å². The summed E-state index contributed by atoms with van der Waals surface area (Å²) in [5.74, 6) is -0.215. The topological polar surface area (TPSA) is 92.4 Å². The summed E-state index contributed by atoms with van der Waals surface area (Å²) in [6.07, 6.45) is 6.44. The number of nitrogens with one attached hydrogen (secondary N) is 1. The minimum atomic E-state index is -0.770. The van der Waals surface area contributed by atoms with Crippen molar-refractivity contribution < 1.29 is 14.7 Å². The lowest BCUT2D eigenvalue weighted by molar-refractivity contribution is -0.141. The molecule has 0 aromatic heterocycles. The molecule has 0 radical (unpaired) electrons. The fraction of sp³-hybridized carbons (Fsp3) is 0.867. The molecule has 0 heterocycles. The van der Waals surface area contributed by atoms with Gasteiger partial charge >= 0.3 is 5.97 Å². The van der Waals surface area contributed by atoms with Gasteiger partial charge in [0.1, 0.15) is 0 Å². The molecule has 116 valence electrons. The second-order valence-electron chi connectivity index (χ2n) is 6.09. The highest BCUT2D eigenvalue weighted by Gasteiger charge is 2.39. The molecule has 0 aromatic carbocycles. The molecule has 1 atom stereocenters. The molecule has 1 fully saturated rings. The van der Waals surface area contributed by atoms with E-state index in [2.05, 4.69) is 12.2 Å². The molecule has 1 unspecified atom stereocenters. The van der Waals surface area contributed by atoms with Crippen molar-refractivity contribution in [3.8, 4) is 0 Å². The molecule has 1 aliphatic rings. The smallest absolute Gasteiger partial charge is 0.303 e. The van der Waals surface area contributed by atoms with E-state index in [1.54, 1.807) is 0 Å². The number of rotatable bonds is 10. The Morgan fingerprint density at radius 1 is 1.35 bits per heavy atom. The molecule has 0 spiro atoms. The highest BCUT2D eigenvalue weighted by molar-refractivity contribution is 5.76. The number of carboxylic acid groups (broad SMARTS) is 1. The van der Waals surface area contributed by atoms with Crippen molar-refractivity contribution in [1.29, 1.82) is 0 Å². The SMILES string of the molecule is CCC(CCN)CCC(=O)NCC1(CC(=O)O)CCC1. The average Bonchev–Trinajstić information content (AvgIpc) is 2.37. The lowest BCUT2D eigenvalue weighted by Gasteiger charge is -2.40. The Morgan fingerprint density at radius 3 is 2.50 bits per heavy atom. The highest BCUT2D eigenvalue weighted by atomic mass is 16.4. The molecule has 5 nitrogen and oxygen atoms in total. The Bertz CT molecular complexity index is 327. The molecular formula is C15H28N2O3. The van der Waals surface area contributed by atoms with Crippen LogP contribution in [0.1, 0.15) is 58.3 Å². The Kier molecular flexibility index (Phi) is 6.99. The summed E-state index contributed by atoms with van der Waals surface area (Å²) in [7, 11) is 0. The van der Waals surface area contributed by atoms with Gasteiger partial charge in [0.15, 0.2) is 0 Å². The van der Waals surface area contributed by atoms with Gasteiger partial charge in [-0.15, -0.1) is 0 Å². The van der Waals surface area contributed by atoms with Crippen molar-refractivity contribution in [2.24, 2.45) is 17.1 Å². The van der Waals surface area contributed by atoms with Gasteiger partial charge in [0.25, 0.3) is 0 Å². The van der Waals surface area contributed by atoms with Gasteiger partial charge in [-0.1, -0.05) is 19.8 Å². The van der Waals surface area contributed by atoms with E-state index < -0.39 is 5.97 Å². The minimum Gasteiger partial charge on any atom is -0.481 e. The lowest BCUT2D eigenvalue weighted by Crippen LogP contribution is -2.43. The third-order valence-corrected chi connectivity index (χ3v) is 4.53. The third-order valence-electron chi connectivity index (χ3n) is 4.53. The number of nitrogens with two attached hydrogens (primary N) is 1. The van der Waals surface area contributed by atoms with Crippen LogP contribution in [0.15, 0.2) is 0 Å².